The van der Waals surface area contributed by atoms with Gasteiger partial charge in [0.05, 0.1) is 6.20 Å². The lowest BCUT2D eigenvalue weighted by Crippen LogP contribution is -2.09. The van der Waals surface area contributed by atoms with Crippen LogP contribution in [0.1, 0.15) is 31.4 Å². The summed E-state index contributed by atoms with van der Waals surface area (Å²) in [4.78, 5) is 4.43. The van der Waals surface area contributed by atoms with E-state index in [1.807, 2.05) is 0 Å². The zero-order valence-electron chi connectivity index (χ0n) is 13.1. The van der Waals surface area contributed by atoms with E-state index in [4.69, 9.17) is 0 Å². The lowest BCUT2D eigenvalue weighted by atomic mass is 10.1. The summed E-state index contributed by atoms with van der Waals surface area (Å²) in [6.07, 6.45) is 2.71. The molecule has 1 aromatic heterocycles. The predicted molar refractivity (Wildman–Crippen MR) is 87.0 cm³/mol. The SMILES string of the molecule is Cc1ccc(Nc2cnnc(NCCC(C)C)n2)c(C)c1. The molecule has 1 heterocycles. The molecule has 2 N–H and O–H groups in total. The van der Waals surface area contributed by atoms with E-state index < -0.39 is 0 Å². The van der Waals surface area contributed by atoms with Gasteiger partial charge in [-0.15, -0.1) is 5.10 Å². The van der Waals surface area contributed by atoms with Crippen molar-refractivity contribution in [3.63, 3.8) is 0 Å². The van der Waals surface area contributed by atoms with Gasteiger partial charge in [-0.3, -0.25) is 0 Å². The first-order chi connectivity index (χ1) is 10.0. The fourth-order valence-electron chi connectivity index (χ4n) is 2.00. The molecule has 0 aliphatic heterocycles. The second-order valence-corrected chi connectivity index (χ2v) is 5.72. The predicted octanol–water partition coefficient (Wildman–Crippen LogP) is 3.69. The third-order valence-corrected chi connectivity index (χ3v) is 3.21. The number of rotatable bonds is 6. The summed E-state index contributed by atoms with van der Waals surface area (Å²) in [5.74, 6) is 1.91. The molecule has 21 heavy (non-hydrogen) atoms. The zero-order chi connectivity index (χ0) is 15.2. The highest BCUT2D eigenvalue weighted by Crippen LogP contribution is 2.20. The molecule has 0 spiro atoms. The van der Waals surface area contributed by atoms with Gasteiger partial charge in [-0.2, -0.15) is 10.1 Å². The summed E-state index contributed by atoms with van der Waals surface area (Å²) in [5.41, 5.74) is 3.46. The summed E-state index contributed by atoms with van der Waals surface area (Å²) in [5, 5.41) is 14.5. The van der Waals surface area contributed by atoms with Crippen molar-refractivity contribution >= 4 is 17.5 Å². The molecule has 0 bridgehead atoms. The Kier molecular flexibility index (Phi) is 5.09. The topological polar surface area (TPSA) is 62.7 Å². The molecule has 0 fully saturated rings. The van der Waals surface area contributed by atoms with E-state index in [-0.39, 0.29) is 0 Å². The number of nitrogens with one attached hydrogen (secondary N) is 2. The molecule has 0 radical (unpaired) electrons. The highest BCUT2D eigenvalue weighted by molar-refractivity contribution is 5.60. The summed E-state index contributed by atoms with van der Waals surface area (Å²) in [6, 6.07) is 6.27. The van der Waals surface area contributed by atoms with E-state index in [1.165, 1.54) is 11.1 Å². The third kappa shape index (κ3) is 4.70. The van der Waals surface area contributed by atoms with Crippen LogP contribution in [0, 0.1) is 19.8 Å². The third-order valence-electron chi connectivity index (χ3n) is 3.21. The minimum atomic E-state index is 0.561. The number of hydrogen-bond acceptors (Lipinski definition) is 5. The van der Waals surface area contributed by atoms with Crippen LogP contribution in [0.4, 0.5) is 17.5 Å². The average Bonchev–Trinajstić information content (AvgIpc) is 2.42. The van der Waals surface area contributed by atoms with Crippen LogP contribution in [0.25, 0.3) is 0 Å². The Bertz CT molecular complexity index is 595. The van der Waals surface area contributed by atoms with Crippen LogP contribution in [-0.4, -0.2) is 21.7 Å². The molecule has 2 aromatic rings. The Balaban J connectivity index is 2.03. The fraction of sp³-hybridized carbons (Fsp3) is 0.438. The number of hydrogen-bond donors (Lipinski definition) is 2. The van der Waals surface area contributed by atoms with Crippen LogP contribution in [0.5, 0.6) is 0 Å². The second kappa shape index (κ2) is 7.02. The lowest BCUT2D eigenvalue weighted by molar-refractivity contribution is 0.605. The first kappa shape index (κ1) is 15.2. The molecule has 5 heteroatoms. The highest BCUT2D eigenvalue weighted by Gasteiger charge is 2.03. The number of anilines is 3. The van der Waals surface area contributed by atoms with Gasteiger partial charge in [-0.05, 0) is 37.8 Å². The summed E-state index contributed by atoms with van der Waals surface area (Å²) in [6.45, 7) is 9.40. The van der Waals surface area contributed by atoms with Gasteiger partial charge in [0.25, 0.3) is 0 Å². The Labute approximate surface area is 126 Å². The van der Waals surface area contributed by atoms with Gasteiger partial charge in [0, 0.05) is 12.2 Å². The van der Waals surface area contributed by atoms with Crippen molar-refractivity contribution in [1.29, 1.82) is 0 Å². The Morgan fingerprint density at radius 1 is 1.19 bits per heavy atom. The number of benzene rings is 1. The van der Waals surface area contributed by atoms with Crippen LogP contribution in [-0.2, 0) is 0 Å². The maximum atomic E-state index is 4.43. The minimum absolute atomic E-state index is 0.561. The van der Waals surface area contributed by atoms with Crippen molar-refractivity contribution in [3.05, 3.63) is 35.5 Å². The quantitative estimate of drug-likeness (QED) is 0.847. The van der Waals surface area contributed by atoms with Crippen molar-refractivity contribution < 1.29 is 0 Å². The summed E-state index contributed by atoms with van der Waals surface area (Å²) >= 11 is 0. The van der Waals surface area contributed by atoms with Crippen molar-refractivity contribution in [3.8, 4) is 0 Å². The maximum absolute atomic E-state index is 4.43. The van der Waals surface area contributed by atoms with Gasteiger partial charge in [0.15, 0.2) is 5.82 Å². The van der Waals surface area contributed by atoms with Gasteiger partial charge in [-0.25, -0.2) is 0 Å². The molecular formula is C16H23N5. The van der Waals surface area contributed by atoms with Gasteiger partial charge in [0.2, 0.25) is 5.95 Å². The molecular weight excluding hydrogens is 262 g/mol. The lowest BCUT2D eigenvalue weighted by Gasteiger charge is -2.10. The van der Waals surface area contributed by atoms with Crippen molar-refractivity contribution in [2.75, 3.05) is 17.2 Å². The molecule has 2 rings (SSSR count). The van der Waals surface area contributed by atoms with Gasteiger partial charge < -0.3 is 10.6 Å². The van der Waals surface area contributed by atoms with Crippen molar-refractivity contribution in [2.24, 2.45) is 5.92 Å². The first-order valence-corrected chi connectivity index (χ1v) is 7.32. The first-order valence-electron chi connectivity index (χ1n) is 7.32. The highest BCUT2D eigenvalue weighted by atomic mass is 15.3. The van der Waals surface area contributed by atoms with Crippen LogP contribution in [0.15, 0.2) is 24.4 Å². The molecule has 1 aromatic carbocycles. The van der Waals surface area contributed by atoms with E-state index in [1.54, 1.807) is 6.20 Å². The fourth-order valence-corrected chi connectivity index (χ4v) is 2.00. The molecule has 0 saturated carbocycles. The number of aromatic nitrogens is 3. The summed E-state index contributed by atoms with van der Waals surface area (Å²) in [7, 11) is 0. The average molecular weight is 285 g/mol. The van der Waals surface area contributed by atoms with Gasteiger partial charge >= 0.3 is 0 Å². The minimum Gasteiger partial charge on any atom is -0.353 e. The zero-order valence-corrected chi connectivity index (χ0v) is 13.1. The maximum Gasteiger partial charge on any atom is 0.244 e. The molecule has 0 saturated heterocycles. The van der Waals surface area contributed by atoms with Crippen LogP contribution >= 0.6 is 0 Å². The number of nitrogens with zero attached hydrogens (tertiary/aromatic N) is 3. The molecule has 0 atom stereocenters. The molecule has 0 aliphatic carbocycles. The monoisotopic (exact) mass is 285 g/mol. The molecule has 0 unspecified atom stereocenters. The van der Waals surface area contributed by atoms with E-state index in [0.29, 0.717) is 17.7 Å². The molecule has 0 amide bonds. The Morgan fingerprint density at radius 3 is 2.71 bits per heavy atom. The largest absolute Gasteiger partial charge is 0.353 e. The smallest absolute Gasteiger partial charge is 0.244 e. The van der Waals surface area contributed by atoms with E-state index in [2.05, 4.69) is 71.7 Å². The van der Waals surface area contributed by atoms with Crippen molar-refractivity contribution in [1.82, 2.24) is 15.2 Å². The Hall–Kier alpha value is -2.17. The van der Waals surface area contributed by atoms with E-state index in [0.717, 1.165) is 18.7 Å². The van der Waals surface area contributed by atoms with Crippen LogP contribution in [0.3, 0.4) is 0 Å². The van der Waals surface area contributed by atoms with E-state index >= 15 is 0 Å². The Morgan fingerprint density at radius 2 is 2.00 bits per heavy atom. The standard InChI is InChI=1S/C16H23N5/c1-11(2)7-8-17-16-20-15(10-18-21-16)19-14-6-5-12(3)9-13(14)4/h5-6,9-11H,7-8H2,1-4H3,(H2,17,19,20,21). The molecule has 112 valence electrons. The molecule has 5 nitrogen and oxygen atoms in total. The van der Waals surface area contributed by atoms with Gasteiger partial charge in [-0.1, -0.05) is 31.5 Å². The normalized spacial score (nSPS) is 10.7. The van der Waals surface area contributed by atoms with Crippen molar-refractivity contribution in [2.45, 2.75) is 34.1 Å². The van der Waals surface area contributed by atoms with Gasteiger partial charge in [0.1, 0.15) is 0 Å². The van der Waals surface area contributed by atoms with Crippen LogP contribution < -0.4 is 10.6 Å². The second-order valence-electron chi connectivity index (χ2n) is 5.72. The van der Waals surface area contributed by atoms with E-state index in [9.17, 15) is 0 Å². The van der Waals surface area contributed by atoms with Crippen LogP contribution in [0.2, 0.25) is 0 Å². The number of aryl methyl sites for hydroxylation is 2. The molecule has 0 aliphatic rings. The summed E-state index contributed by atoms with van der Waals surface area (Å²) < 4.78 is 0.